The highest BCUT2D eigenvalue weighted by atomic mass is 19.1. The smallest absolute Gasteiger partial charge is 0.329 e. The van der Waals surface area contributed by atoms with Gasteiger partial charge in [0.2, 0.25) is 17.8 Å². The second-order valence-corrected chi connectivity index (χ2v) is 17.2. The van der Waals surface area contributed by atoms with Crippen LogP contribution in [-0.2, 0) is 16.6 Å². The predicted molar refractivity (Wildman–Crippen MR) is 230 cm³/mol. The zero-order chi connectivity index (χ0) is 43.2. The van der Waals surface area contributed by atoms with Crippen LogP contribution in [0.25, 0.3) is 11.0 Å². The molecule has 2 aromatic carbocycles. The number of halogens is 1. The summed E-state index contributed by atoms with van der Waals surface area (Å²) in [6.07, 6.45) is 4.25. The molecule has 5 amide bonds. The number of imidazole rings is 1. The van der Waals surface area contributed by atoms with Gasteiger partial charge >= 0.3 is 11.7 Å². The Bertz CT molecular complexity index is 2460. The lowest BCUT2D eigenvalue weighted by molar-refractivity contribution is -0.135. The second kappa shape index (κ2) is 16.9. The minimum atomic E-state index is -0.811. The molecule has 2 atom stereocenters. The summed E-state index contributed by atoms with van der Waals surface area (Å²) < 4.78 is 18.9. The summed E-state index contributed by atoms with van der Waals surface area (Å²) in [7, 11) is 3.51. The van der Waals surface area contributed by atoms with Crippen LogP contribution in [0.3, 0.4) is 0 Å². The lowest BCUT2D eigenvalue weighted by Gasteiger charge is -2.40. The standard InChI is InChI=1S/C42H53FN14O5/c1-50-16-21-56(41(50)61)29-4-3-13-55(25-29)40-47-38(36(37(44)59)48-49-40)45-27-5-7-31(30(43)22-27)54-19-17-52(18-20-54)24-26-11-14-53(15-12-26)28-6-8-32-34(23-28)51(2)42(62)57(32)33-9-10-35(58)46-39(33)60/h5-8,22-23,26,29,33H,3-4,9-21,24-25H2,1-2H3,(H2,44,59)(H,45,47,49)(H,46,58,60)/t29-,33?/m1/s1. The number of hydrogen-bond acceptors (Lipinski definition) is 13. The number of benzene rings is 2. The lowest BCUT2D eigenvalue weighted by atomic mass is 9.95. The molecule has 19 nitrogen and oxygen atoms in total. The molecule has 5 saturated heterocycles. The van der Waals surface area contributed by atoms with Gasteiger partial charge in [0.25, 0.3) is 5.91 Å². The van der Waals surface area contributed by atoms with E-state index in [2.05, 4.69) is 40.5 Å². The number of fused-ring (bicyclic) bond motifs is 1. The summed E-state index contributed by atoms with van der Waals surface area (Å²) >= 11 is 0. The number of aryl methyl sites for hydroxylation is 1. The molecule has 5 aliphatic rings. The molecule has 5 aliphatic heterocycles. The van der Waals surface area contributed by atoms with Crippen molar-refractivity contribution in [1.29, 1.82) is 0 Å². The van der Waals surface area contributed by atoms with Crippen molar-refractivity contribution < 1.29 is 23.6 Å². The first-order valence-electron chi connectivity index (χ1n) is 21.6. The molecule has 328 valence electrons. The van der Waals surface area contributed by atoms with Crippen LogP contribution in [0.5, 0.6) is 0 Å². The maximum atomic E-state index is 15.8. The number of imide groups is 1. The van der Waals surface area contributed by atoms with Gasteiger partial charge in [-0.2, -0.15) is 4.98 Å². The Morgan fingerprint density at radius 1 is 0.855 bits per heavy atom. The van der Waals surface area contributed by atoms with Gasteiger partial charge < -0.3 is 35.6 Å². The van der Waals surface area contributed by atoms with Crippen LogP contribution in [0, 0.1) is 11.7 Å². The number of piperidine rings is 3. The average Bonchev–Trinajstić information content (AvgIpc) is 3.73. The van der Waals surface area contributed by atoms with Crippen molar-refractivity contribution in [2.24, 2.45) is 18.7 Å². The number of piperazine rings is 1. The molecule has 1 unspecified atom stereocenters. The first kappa shape index (κ1) is 41.1. The molecular weight excluding hydrogens is 800 g/mol. The van der Waals surface area contributed by atoms with E-state index in [1.807, 2.05) is 28.0 Å². The number of amides is 5. The molecule has 0 radical (unpaired) electrons. The van der Waals surface area contributed by atoms with Crippen molar-refractivity contribution in [2.45, 2.75) is 50.6 Å². The maximum absolute atomic E-state index is 15.8. The van der Waals surface area contributed by atoms with E-state index in [4.69, 9.17) is 5.73 Å². The van der Waals surface area contributed by atoms with Gasteiger partial charge in [0.15, 0.2) is 11.5 Å². The van der Waals surface area contributed by atoms with Crippen molar-refractivity contribution >= 4 is 63.6 Å². The van der Waals surface area contributed by atoms with E-state index in [1.165, 1.54) is 10.6 Å². The minimum Gasteiger partial charge on any atom is -0.371 e. The van der Waals surface area contributed by atoms with E-state index in [-0.39, 0.29) is 41.6 Å². The van der Waals surface area contributed by atoms with E-state index < -0.39 is 23.7 Å². The minimum absolute atomic E-state index is 0.00388. The Balaban J connectivity index is 0.780. The second-order valence-electron chi connectivity index (χ2n) is 17.2. The average molecular weight is 853 g/mol. The number of aromatic nitrogens is 5. The first-order valence-corrected chi connectivity index (χ1v) is 21.6. The van der Waals surface area contributed by atoms with Gasteiger partial charge in [0.05, 0.1) is 22.8 Å². The number of likely N-dealkylation sites (N-methyl/N-ethyl adjacent to an activating group) is 1. The summed E-state index contributed by atoms with van der Waals surface area (Å²) in [5.41, 5.74) is 8.57. The summed E-state index contributed by atoms with van der Waals surface area (Å²) in [5.74, 6) is -1.06. The van der Waals surface area contributed by atoms with Crippen LogP contribution in [0.4, 0.5) is 38.0 Å². The van der Waals surface area contributed by atoms with Crippen LogP contribution in [0.2, 0.25) is 0 Å². The third-order valence-electron chi connectivity index (χ3n) is 13.3. The molecule has 0 aliphatic carbocycles. The van der Waals surface area contributed by atoms with E-state index in [9.17, 15) is 24.0 Å². The largest absolute Gasteiger partial charge is 0.371 e. The van der Waals surface area contributed by atoms with Crippen molar-refractivity contribution in [3.63, 3.8) is 0 Å². The predicted octanol–water partition coefficient (Wildman–Crippen LogP) is 1.86. The number of urea groups is 1. The molecule has 0 saturated carbocycles. The van der Waals surface area contributed by atoms with Crippen molar-refractivity contribution in [2.75, 3.05) is 99.1 Å². The molecule has 0 spiro atoms. The fourth-order valence-corrected chi connectivity index (χ4v) is 9.77. The molecule has 5 fully saturated rings. The van der Waals surface area contributed by atoms with Crippen LogP contribution in [0.1, 0.15) is 55.1 Å². The molecule has 4 aromatic rings. The number of carbonyl (C=O) groups is 4. The number of nitrogens with zero attached hydrogens (tertiary/aromatic N) is 11. The normalized spacial score (nSPS) is 21.9. The maximum Gasteiger partial charge on any atom is 0.329 e. The Labute approximate surface area is 357 Å². The van der Waals surface area contributed by atoms with Crippen LogP contribution in [-0.4, -0.2) is 148 Å². The highest BCUT2D eigenvalue weighted by Gasteiger charge is 2.36. The van der Waals surface area contributed by atoms with E-state index in [0.717, 1.165) is 69.6 Å². The molecule has 2 aromatic heterocycles. The number of hydrogen-bond donors (Lipinski definition) is 3. The van der Waals surface area contributed by atoms with Gasteiger partial charge in [-0.1, -0.05) is 0 Å². The van der Waals surface area contributed by atoms with Crippen molar-refractivity contribution in [3.05, 3.63) is 58.4 Å². The third kappa shape index (κ3) is 7.98. The summed E-state index contributed by atoms with van der Waals surface area (Å²) in [6, 6.07) is 10.1. The third-order valence-corrected chi connectivity index (χ3v) is 13.3. The Morgan fingerprint density at radius 3 is 2.35 bits per heavy atom. The highest BCUT2D eigenvalue weighted by Crippen LogP contribution is 2.31. The Kier molecular flexibility index (Phi) is 11.2. The quantitative estimate of drug-likeness (QED) is 0.195. The number of carbonyl (C=O) groups excluding carboxylic acids is 4. The Hall–Kier alpha value is -6.31. The molecule has 20 heteroatoms. The zero-order valence-electron chi connectivity index (χ0n) is 35.1. The number of nitrogens with one attached hydrogen (secondary N) is 2. The van der Waals surface area contributed by atoms with E-state index in [1.54, 1.807) is 35.7 Å². The summed E-state index contributed by atoms with van der Waals surface area (Å²) in [6.45, 7) is 8.27. The fraction of sp³-hybridized carbons (Fsp3) is 0.524. The van der Waals surface area contributed by atoms with Crippen LogP contribution < -0.4 is 36.8 Å². The summed E-state index contributed by atoms with van der Waals surface area (Å²) in [5, 5.41) is 13.7. The highest BCUT2D eigenvalue weighted by molar-refractivity contribution is 6.00. The van der Waals surface area contributed by atoms with Gasteiger partial charge in [-0.05, 0) is 74.4 Å². The molecule has 9 rings (SSSR count). The SMILES string of the molecule is CN1CCN([C@@H]2CCCN(c3nnc(C(N)=O)c(Nc4ccc(N5CCN(CC6CCN(c7ccc8c(c7)n(C)c(=O)n8C7CCC(=O)NC7=O)CC6)CC5)c(F)c4)n3)C2)C1=O. The van der Waals surface area contributed by atoms with E-state index in [0.29, 0.717) is 74.4 Å². The molecule has 0 bridgehead atoms. The van der Waals surface area contributed by atoms with E-state index >= 15 is 4.39 Å². The Morgan fingerprint density at radius 2 is 1.65 bits per heavy atom. The monoisotopic (exact) mass is 852 g/mol. The zero-order valence-corrected chi connectivity index (χ0v) is 35.1. The van der Waals surface area contributed by atoms with Crippen molar-refractivity contribution in [3.8, 4) is 0 Å². The van der Waals surface area contributed by atoms with Gasteiger partial charge in [-0.15, -0.1) is 10.2 Å². The molecule has 62 heavy (non-hydrogen) atoms. The van der Waals surface area contributed by atoms with Gasteiger partial charge in [-0.3, -0.25) is 33.7 Å². The van der Waals surface area contributed by atoms with Gasteiger partial charge in [0.1, 0.15) is 11.9 Å². The topological polar surface area (TPSA) is 203 Å². The van der Waals surface area contributed by atoms with Crippen LogP contribution in [0.15, 0.2) is 41.2 Å². The number of primary amides is 1. The number of anilines is 5. The van der Waals surface area contributed by atoms with Crippen molar-refractivity contribution in [1.82, 2.24) is 44.3 Å². The molecule has 4 N–H and O–H groups in total. The number of rotatable bonds is 10. The molecule has 7 heterocycles. The van der Waals surface area contributed by atoms with Gasteiger partial charge in [-0.25, -0.2) is 14.0 Å². The number of nitrogens with two attached hydrogens (primary N) is 1. The van der Waals surface area contributed by atoms with Crippen LogP contribution >= 0.6 is 0 Å². The summed E-state index contributed by atoms with van der Waals surface area (Å²) in [4.78, 5) is 79.6. The fourth-order valence-electron chi connectivity index (χ4n) is 9.77. The van der Waals surface area contributed by atoms with Gasteiger partial charge in [0, 0.05) is 104 Å². The first-order chi connectivity index (χ1) is 29.9. The molecular formula is C42H53FN14O5. The lowest BCUT2D eigenvalue weighted by Crippen LogP contribution is -2.49.